The van der Waals surface area contributed by atoms with E-state index in [0.29, 0.717) is 30.0 Å². The highest BCUT2D eigenvalue weighted by molar-refractivity contribution is 5.76. The van der Waals surface area contributed by atoms with Crippen molar-refractivity contribution >= 4 is 5.97 Å². The minimum atomic E-state index is -0.909. The molecule has 0 saturated heterocycles. The van der Waals surface area contributed by atoms with E-state index in [0.717, 1.165) is 5.69 Å². The molecule has 0 fully saturated rings. The van der Waals surface area contributed by atoms with E-state index in [1.54, 1.807) is 32.0 Å². The van der Waals surface area contributed by atoms with Gasteiger partial charge in [-0.1, -0.05) is 11.2 Å². The Kier molecular flexibility index (Phi) is 4.70. The van der Waals surface area contributed by atoms with Crippen molar-refractivity contribution in [3.8, 4) is 0 Å². The van der Waals surface area contributed by atoms with Crippen LogP contribution in [-0.2, 0) is 11.2 Å². The average molecular weight is 289 g/mol. The maximum Gasteiger partial charge on any atom is 0.325 e. The number of aryl methyl sites for hydroxylation is 2. The molecule has 0 spiro atoms. The number of aromatic nitrogens is 2. The van der Waals surface area contributed by atoms with Gasteiger partial charge in [0.25, 0.3) is 0 Å². The fourth-order valence-electron chi connectivity index (χ4n) is 2.38. The van der Waals surface area contributed by atoms with Gasteiger partial charge in [-0.3, -0.25) is 14.7 Å². The Morgan fingerprint density at radius 1 is 1.43 bits per heavy atom. The van der Waals surface area contributed by atoms with Crippen LogP contribution in [0.3, 0.4) is 0 Å². The van der Waals surface area contributed by atoms with Crippen LogP contribution in [0.4, 0.5) is 0 Å². The van der Waals surface area contributed by atoms with Crippen molar-refractivity contribution in [2.24, 2.45) is 0 Å². The highest BCUT2D eigenvalue weighted by Gasteiger charge is 2.30. The predicted octanol–water partition coefficient (Wildman–Crippen LogP) is 1.99. The van der Waals surface area contributed by atoms with E-state index in [2.05, 4.69) is 10.1 Å². The van der Waals surface area contributed by atoms with Gasteiger partial charge in [-0.15, -0.1) is 0 Å². The number of hydrogen-bond donors (Lipinski definition) is 1. The molecule has 0 amide bonds. The van der Waals surface area contributed by atoms with Crippen LogP contribution < -0.4 is 0 Å². The summed E-state index contributed by atoms with van der Waals surface area (Å²) in [6, 6.07) is 4.95. The number of rotatable bonds is 6. The van der Waals surface area contributed by atoms with Crippen LogP contribution in [0.15, 0.2) is 28.9 Å². The lowest BCUT2D eigenvalue weighted by Crippen LogP contribution is -2.33. The third kappa shape index (κ3) is 3.46. The molecule has 1 unspecified atom stereocenters. The molecule has 6 heteroatoms. The first-order valence-corrected chi connectivity index (χ1v) is 6.76. The predicted molar refractivity (Wildman–Crippen MR) is 76.9 cm³/mol. The number of carboxylic acids is 1. The number of carbonyl (C=O) groups is 1. The van der Waals surface area contributed by atoms with Crippen LogP contribution in [0.25, 0.3) is 0 Å². The molecule has 0 aliphatic heterocycles. The van der Waals surface area contributed by atoms with Gasteiger partial charge in [-0.05, 0) is 33.0 Å². The lowest BCUT2D eigenvalue weighted by atomic mass is 10.0. The second-order valence-corrected chi connectivity index (χ2v) is 5.03. The molecule has 0 aliphatic carbocycles. The molecule has 2 aromatic rings. The first-order chi connectivity index (χ1) is 10.0. The SMILES string of the molecule is Cc1noc(C)c1C(C(=O)O)N(C)CCc1ccccn1. The van der Waals surface area contributed by atoms with Crippen molar-refractivity contribution in [1.82, 2.24) is 15.0 Å². The Hall–Kier alpha value is -2.21. The van der Waals surface area contributed by atoms with E-state index < -0.39 is 12.0 Å². The van der Waals surface area contributed by atoms with Crippen LogP contribution in [-0.4, -0.2) is 39.7 Å². The average Bonchev–Trinajstić information content (AvgIpc) is 2.78. The van der Waals surface area contributed by atoms with E-state index in [1.165, 1.54) is 0 Å². The molecule has 1 atom stereocenters. The van der Waals surface area contributed by atoms with Gasteiger partial charge in [0.1, 0.15) is 11.8 Å². The summed E-state index contributed by atoms with van der Waals surface area (Å²) in [5, 5.41) is 13.4. The largest absolute Gasteiger partial charge is 0.480 e. The van der Waals surface area contributed by atoms with E-state index >= 15 is 0 Å². The van der Waals surface area contributed by atoms with Crippen molar-refractivity contribution in [3.05, 3.63) is 47.1 Å². The zero-order valence-corrected chi connectivity index (χ0v) is 12.4. The molecular weight excluding hydrogens is 270 g/mol. The third-order valence-corrected chi connectivity index (χ3v) is 3.48. The van der Waals surface area contributed by atoms with Crippen LogP contribution in [0, 0.1) is 13.8 Å². The summed E-state index contributed by atoms with van der Waals surface area (Å²) in [5.41, 5.74) is 2.18. The van der Waals surface area contributed by atoms with Crippen LogP contribution in [0.2, 0.25) is 0 Å². The molecule has 112 valence electrons. The quantitative estimate of drug-likeness (QED) is 0.876. The number of likely N-dealkylation sites (N-methyl/N-ethyl adjacent to an activating group) is 1. The first kappa shape index (κ1) is 15.2. The normalized spacial score (nSPS) is 12.6. The number of aliphatic carboxylic acids is 1. The molecular formula is C15H19N3O3. The van der Waals surface area contributed by atoms with Gasteiger partial charge in [0.15, 0.2) is 0 Å². The van der Waals surface area contributed by atoms with Gasteiger partial charge in [-0.25, -0.2) is 0 Å². The second kappa shape index (κ2) is 6.49. The Labute approximate surface area is 123 Å². The zero-order valence-electron chi connectivity index (χ0n) is 12.4. The van der Waals surface area contributed by atoms with E-state index in [1.807, 2.05) is 18.2 Å². The van der Waals surface area contributed by atoms with Gasteiger partial charge in [0.05, 0.1) is 5.69 Å². The fourth-order valence-corrected chi connectivity index (χ4v) is 2.38. The molecule has 1 N–H and O–H groups in total. The van der Waals surface area contributed by atoms with Crippen molar-refractivity contribution in [2.75, 3.05) is 13.6 Å². The summed E-state index contributed by atoms with van der Waals surface area (Å²) in [6.07, 6.45) is 2.42. The maximum atomic E-state index is 11.6. The monoisotopic (exact) mass is 289 g/mol. The fraction of sp³-hybridized carbons (Fsp3) is 0.400. The highest BCUT2D eigenvalue weighted by Crippen LogP contribution is 2.26. The van der Waals surface area contributed by atoms with E-state index in [-0.39, 0.29) is 0 Å². The molecule has 2 aromatic heterocycles. The molecule has 0 aliphatic rings. The first-order valence-electron chi connectivity index (χ1n) is 6.76. The van der Waals surface area contributed by atoms with Crippen LogP contribution >= 0.6 is 0 Å². The Morgan fingerprint density at radius 3 is 2.71 bits per heavy atom. The molecule has 2 heterocycles. The summed E-state index contributed by atoms with van der Waals surface area (Å²) < 4.78 is 5.09. The molecule has 0 radical (unpaired) electrons. The molecule has 0 bridgehead atoms. The summed E-state index contributed by atoms with van der Waals surface area (Å²) >= 11 is 0. The minimum Gasteiger partial charge on any atom is -0.480 e. The van der Waals surface area contributed by atoms with E-state index in [9.17, 15) is 9.90 Å². The summed E-state index contributed by atoms with van der Waals surface area (Å²) in [5.74, 6) is -0.363. The molecule has 0 saturated carbocycles. The zero-order chi connectivity index (χ0) is 15.4. The molecule has 21 heavy (non-hydrogen) atoms. The minimum absolute atomic E-state index is 0.546. The molecule has 0 aromatic carbocycles. The molecule has 6 nitrogen and oxygen atoms in total. The lowest BCUT2D eigenvalue weighted by molar-refractivity contribution is -0.143. The standard InChI is InChI=1S/C15H19N3O3/c1-10-13(11(2)21-17-10)14(15(19)20)18(3)9-7-12-6-4-5-8-16-12/h4-6,8,14H,7,9H2,1-3H3,(H,19,20). The maximum absolute atomic E-state index is 11.6. The van der Waals surface area contributed by atoms with Gasteiger partial charge in [0, 0.05) is 30.4 Å². The summed E-state index contributed by atoms with van der Waals surface area (Å²) in [4.78, 5) is 17.7. The number of nitrogens with zero attached hydrogens (tertiary/aromatic N) is 3. The van der Waals surface area contributed by atoms with Gasteiger partial charge >= 0.3 is 5.97 Å². The van der Waals surface area contributed by atoms with Gasteiger partial charge in [0.2, 0.25) is 0 Å². The Bertz CT molecular complexity index is 590. The Balaban J connectivity index is 2.13. The highest BCUT2D eigenvalue weighted by atomic mass is 16.5. The summed E-state index contributed by atoms with van der Waals surface area (Å²) in [6.45, 7) is 4.07. The smallest absolute Gasteiger partial charge is 0.325 e. The van der Waals surface area contributed by atoms with Gasteiger partial charge < -0.3 is 9.63 Å². The van der Waals surface area contributed by atoms with Crippen molar-refractivity contribution < 1.29 is 14.4 Å². The van der Waals surface area contributed by atoms with Crippen molar-refractivity contribution in [2.45, 2.75) is 26.3 Å². The lowest BCUT2D eigenvalue weighted by Gasteiger charge is -2.24. The molecule has 2 rings (SSSR count). The van der Waals surface area contributed by atoms with Crippen molar-refractivity contribution in [1.29, 1.82) is 0 Å². The number of pyridine rings is 1. The number of carboxylic acid groups (broad SMARTS) is 1. The topological polar surface area (TPSA) is 79.5 Å². The van der Waals surface area contributed by atoms with Crippen LogP contribution in [0.5, 0.6) is 0 Å². The van der Waals surface area contributed by atoms with Crippen LogP contribution in [0.1, 0.15) is 28.8 Å². The summed E-state index contributed by atoms with van der Waals surface area (Å²) in [7, 11) is 1.79. The van der Waals surface area contributed by atoms with E-state index in [4.69, 9.17) is 4.52 Å². The van der Waals surface area contributed by atoms with Crippen molar-refractivity contribution in [3.63, 3.8) is 0 Å². The number of hydrogen-bond acceptors (Lipinski definition) is 5. The second-order valence-electron chi connectivity index (χ2n) is 5.03. The van der Waals surface area contributed by atoms with Gasteiger partial charge in [-0.2, -0.15) is 0 Å². The Morgan fingerprint density at radius 2 is 2.19 bits per heavy atom. The third-order valence-electron chi connectivity index (χ3n) is 3.48.